The fourth-order valence-corrected chi connectivity index (χ4v) is 3.61. The molecule has 5 nitrogen and oxygen atoms in total. The molecule has 0 saturated carbocycles. The molecule has 2 aliphatic heterocycles. The lowest BCUT2D eigenvalue weighted by Gasteiger charge is -2.12. The SMILES string of the molecule is Fc1ccccc1.O=C1NCCn2c(C3CCCN3)nc3cc(F)cc1c32. The lowest BCUT2D eigenvalue weighted by Crippen LogP contribution is -2.25. The molecule has 1 amide bonds. The number of amides is 1. The minimum Gasteiger partial charge on any atom is -0.350 e. The van der Waals surface area contributed by atoms with Crippen molar-refractivity contribution < 1.29 is 13.6 Å². The van der Waals surface area contributed by atoms with Gasteiger partial charge in [0.15, 0.2) is 0 Å². The Hall–Kier alpha value is -2.80. The third-order valence-corrected chi connectivity index (χ3v) is 4.81. The number of nitrogens with one attached hydrogen (secondary N) is 2. The second kappa shape index (κ2) is 7.44. The van der Waals surface area contributed by atoms with Crippen LogP contribution in [0.4, 0.5) is 8.78 Å². The van der Waals surface area contributed by atoms with Crippen molar-refractivity contribution in [3.63, 3.8) is 0 Å². The number of carbonyl (C=O) groups is 1. The number of rotatable bonds is 1. The van der Waals surface area contributed by atoms with Crippen LogP contribution in [0, 0.1) is 11.6 Å². The number of hydrogen-bond donors (Lipinski definition) is 2. The fourth-order valence-electron chi connectivity index (χ4n) is 3.61. The first-order valence-electron chi connectivity index (χ1n) is 9.05. The van der Waals surface area contributed by atoms with E-state index in [-0.39, 0.29) is 17.8 Å². The minimum atomic E-state index is -0.417. The van der Waals surface area contributed by atoms with E-state index in [1.54, 1.807) is 18.2 Å². The Labute approximate surface area is 155 Å². The number of nitrogens with zero attached hydrogens (tertiary/aromatic N) is 2. The summed E-state index contributed by atoms with van der Waals surface area (Å²) in [4.78, 5) is 16.6. The second-order valence-electron chi connectivity index (χ2n) is 6.64. The van der Waals surface area contributed by atoms with Gasteiger partial charge in [-0.2, -0.15) is 0 Å². The van der Waals surface area contributed by atoms with Crippen molar-refractivity contribution in [2.24, 2.45) is 0 Å². The van der Waals surface area contributed by atoms with Gasteiger partial charge in [-0.15, -0.1) is 0 Å². The molecular weight excluding hydrogens is 350 g/mol. The zero-order chi connectivity index (χ0) is 18.8. The summed E-state index contributed by atoms with van der Waals surface area (Å²) in [5, 5.41) is 6.22. The molecule has 27 heavy (non-hydrogen) atoms. The highest BCUT2D eigenvalue weighted by atomic mass is 19.1. The van der Waals surface area contributed by atoms with E-state index in [4.69, 9.17) is 0 Å². The van der Waals surface area contributed by atoms with Crippen LogP contribution in [-0.4, -0.2) is 28.5 Å². The van der Waals surface area contributed by atoms with Crippen LogP contribution >= 0.6 is 0 Å². The second-order valence-corrected chi connectivity index (χ2v) is 6.64. The average molecular weight is 370 g/mol. The largest absolute Gasteiger partial charge is 0.350 e. The van der Waals surface area contributed by atoms with Gasteiger partial charge < -0.3 is 15.2 Å². The molecule has 0 radical (unpaired) electrons. The van der Waals surface area contributed by atoms with Crippen molar-refractivity contribution in [3.8, 4) is 0 Å². The lowest BCUT2D eigenvalue weighted by atomic mass is 10.1. The van der Waals surface area contributed by atoms with Crippen LogP contribution in [-0.2, 0) is 6.54 Å². The molecule has 1 aromatic heterocycles. The van der Waals surface area contributed by atoms with E-state index in [9.17, 15) is 13.6 Å². The van der Waals surface area contributed by atoms with Gasteiger partial charge >= 0.3 is 0 Å². The van der Waals surface area contributed by atoms with Crippen molar-refractivity contribution >= 4 is 16.9 Å². The molecule has 1 atom stereocenters. The predicted molar refractivity (Wildman–Crippen MR) is 98.4 cm³/mol. The molecule has 0 aliphatic carbocycles. The summed E-state index contributed by atoms with van der Waals surface area (Å²) < 4.78 is 27.7. The standard InChI is InChI=1S/C14H15FN4O.C6H5F/c15-8-6-9-12-11(7-8)18-13(10-2-1-3-16-10)19(12)5-4-17-14(9)20;7-6-4-2-1-3-5-6/h6-7,10,16H,1-5H2,(H,17,20);1-5H. The summed E-state index contributed by atoms with van der Waals surface area (Å²) in [5.74, 6) is 0.0996. The topological polar surface area (TPSA) is 59.0 Å². The van der Waals surface area contributed by atoms with Crippen LogP contribution in [0.2, 0.25) is 0 Å². The molecular formula is C20H20F2N4O. The Morgan fingerprint density at radius 1 is 1.07 bits per heavy atom. The third-order valence-electron chi connectivity index (χ3n) is 4.81. The summed E-state index contributed by atoms with van der Waals surface area (Å²) >= 11 is 0. The zero-order valence-electron chi connectivity index (χ0n) is 14.7. The van der Waals surface area contributed by atoms with Crippen LogP contribution in [0.25, 0.3) is 11.0 Å². The molecule has 3 heterocycles. The number of benzene rings is 2. The first-order valence-corrected chi connectivity index (χ1v) is 9.05. The van der Waals surface area contributed by atoms with Crippen molar-refractivity contribution in [1.82, 2.24) is 20.2 Å². The van der Waals surface area contributed by atoms with Crippen LogP contribution in [0.3, 0.4) is 0 Å². The maximum Gasteiger partial charge on any atom is 0.253 e. The number of carbonyl (C=O) groups excluding carboxylic acids is 1. The predicted octanol–water partition coefficient (Wildman–Crippen LogP) is 3.17. The minimum absolute atomic E-state index is 0.178. The fraction of sp³-hybridized carbons (Fsp3) is 0.300. The Morgan fingerprint density at radius 2 is 1.89 bits per heavy atom. The monoisotopic (exact) mass is 370 g/mol. The van der Waals surface area contributed by atoms with E-state index in [1.807, 2.05) is 0 Å². The highest BCUT2D eigenvalue weighted by molar-refractivity contribution is 6.05. The normalized spacial score (nSPS) is 18.6. The summed E-state index contributed by atoms with van der Waals surface area (Å²) in [6, 6.07) is 10.8. The van der Waals surface area contributed by atoms with E-state index in [0.717, 1.165) is 30.7 Å². The van der Waals surface area contributed by atoms with Gasteiger partial charge in [0.1, 0.15) is 17.5 Å². The number of imidazole rings is 1. The molecule has 2 aromatic carbocycles. The summed E-state index contributed by atoms with van der Waals surface area (Å²) in [6.45, 7) is 2.20. The molecule has 7 heteroatoms. The highest BCUT2D eigenvalue weighted by Crippen LogP contribution is 2.29. The molecule has 1 saturated heterocycles. The average Bonchev–Trinajstić information content (AvgIpc) is 3.26. The maximum atomic E-state index is 13.7. The smallest absolute Gasteiger partial charge is 0.253 e. The summed E-state index contributed by atoms with van der Waals surface area (Å²) in [6.07, 6.45) is 2.15. The van der Waals surface area contributed by atoms with Gasteiger partial charge in [0.25, 0.3) is 5.91 Å². The number of aromatic nitrogens is 2. The van der Waals surface area contributed by atoms with Gasteiger partial charge in [0.05, 0.1) is 22.6 Å². The quantitative estimate of drug-likeness (QED) is 0.692. The van der Waals surface area contributed by atoms with Crippen molar-refractivity contribution in [2.75, 3.05) is 13.1 Å². The Morgan fingerprint density at radius 3 is 2.56 bits per heavy atom. The molecule has 0 spiro atoms. The van der Waals surface area contributed by atoms with E-state index in [1.165, 1.54) is 24.3 Å². The third kappa shape index (κ3) is 3.55. The maximum absolute atomic E-state index is 13.7. The molecule has 0 bridgehead atoms. The van der Waals surface area contributed by atoms with Crippen molar-refractivity contribution in [2.45, 2.75) is 25.4 Å². The van der Waals surface area contributed by atoms with E-state index in [2.05, 4.69) is 20.2 Å². The van der Waals surface area contributed by atoms with E-state index >= 15 is 0 Å². The van der Waals surface area contributed by atoms with Crippen LogP contribution in [0.15, 0.2) is 42.5 Å². The summed E-state index contributed by atoms with van der Waals surface area (Å²) in [7, 11) is 0. The molecule has 3 aromatic rings. The highest BCUT2D eigenvalue weighted by Gasteiger charge is 2.27. The Kier molecular flexibility index (Phi) is 4.85. The number of hydrogen-bond acceptors (Lipinski definition) is 3. The van der Waals surface area contributed by atoms with Crippen molar-refractivity contribution in [3.05, 3.63) is 65.5 Å². The molecule has 1 fully saturated rings. The van der Waals surface area contributed by atoms with Crippen molar-refractivity contribution in [1.29, 1.82) is 0 Å². The molecule has 5 rings (SSSR count). The van der Waals surface area contributed by atoms with Gasteiger partial charge in [0.2, 0.25) is 0 Å². The Bertz CT molecular complexity index is 965. The molecule has 140 valence electrons. The first kappa shape index (κ1) is 17.6. The Balaban J connectivity index is 0.000000218. The van der Waals surface area contributed by atoms with Crippen LogP contribution in [0.5, 0.6) is 0 Å². The molecule has 2 N–H and O–H groups in total. The molecule has 2 aliphatic rings. The van der Waals surface area contributed by atoms with Gasteiger partial charge in [0, 0.05) is 19.2 Å². The zero-order valence-corrected chi connectivity index (χ0v) is 14.7. The first-order chi connectivity index (χ1) is 13.1. The van der Waals surface area contributed by atoms with E-state index in [0.29, 0.717) is 24.2 Å². The van der Waals surface area contributed by atoms with Crippen LogP contribution < -0.4 is 10.6 Å². The number of halogens is 2. The lowest BCUT2D eigenvalue weighted by molar-refractivity contribution is 0.0956. The van der Waals surface area contributed by atoms with Crippen LogP contribution in [0.1, 0.15) is 35.1 Å². The molecule has 1 unspecified atom stereocenters. The van der Waals surface area contributed by atoms with Gasteiger partial charge in [-0.3, -0.25) is 4.79 Å². The van der Waals surface area contributed by atoms with Gasteiger partial charge in [-0.05, 0) is 37.6 Å². The van der Waals surface area contributed by atoms with Gasteiger partial charge in [-0.25, -0.2) is 13.8 Å². The van der Waals surface area contributed by atoms with Gasteiger partial charge in [-0.1, -0.05) is 18.2 Å². The summed E-state index contributed by atoms with van der Waals surface area (Å²) in [5.41, 5.74) is 1.71. The van der Waals surface area contributed by atoms with E-state index < -0.39 is 5.82 Å².